The van der Waals surface area contributed by atoms with Crippen molar-refractivity contribution in [2.24, 2.45) is 23.1 Å². The van der Waals surface area contributed by atoms with Crippen molar-refractivity contribution in [2.45, 2.75) is 51.7 Å². The van der Waals surface area contributed by atoms with E-state index in [0.29, 0.717) is 24.5 Å². The van der Waals surface area contributed by atoms with Gasteiger partial charge in [0.1, 0.15) is 5.60 Å². The highest BCUT2D eigenvalue weighted by Crippen LogP contribution is 2.64. The lowest BCUT2D eigenvalue weighted by atomic mass is 9.65. The molecule has 2 aliphatic heterocycles. The van der Waals surface area contributed by atoms with Crippen LogP contribution in [0.5, 0.6) is 0 Å². The molecule has 0 aromatic heterocycles. The Morgan fingerprint density at radius 1 is 1.42 bits per heavy atom. The molecule has 108 valence electrons. The van der Waals surface area contributed by atoms with Crippen molar-refractivity contribution in [2.75, 3.05) is 13.2 Å². The first-order valence-corrected chi connectivity index (χ1v) is 7.18. The molecular formula is C14H24N2O3. The van der Waals surface area contributed by atoms with Crippen LogP contribution < -0.4 is 5.90 Å². The molecule has 2 heterocycles. The van der Waals surface area contributed by atoms with Crippen molar-refractivity contribution in [3.05, 3.63) is 0 Å². The molecule has 2 aliphatic carbocycles. The molecule has 2 bridgehead atoms. The summed E-state index contributed by atoms with van der Waals surface area (Å²) in [4.78, 5) is 19.0. The highest BCUT2D eigenvalue weighted by Gasteiger charge is 2.65. The Bertz CT molecular complexity index is 387. The van der Waals surface area contributed by atoms with Gasteiger partial charge in [0, 0.05) is 18.0 Å². The van der Waals surface area contributed by atoms with E-state index >= 15 is 0 Å². The fourth-order valence-corrected chi connectivity index (χ4v) is 3.96. The topological polar surface area (TPSA) is 64.8 Å². The molecule has 3 atom stereocenters. The van der Waals surface area contributed by atoms with Gasteiger partial charge >= 0.3 is 6.09 Å². The van der Waals surface area contributed by atoms with Crippen LogP contribution in [0, 0.1) is 17.3 Å². The predicted octanol–water partition coefficient (Wildman–Crippen LogP) is 1.91. The van der Waals surface area contributed by atoms with Gasteiger partial charge in [-0.3, -0.25) is 0 Å². The average Bonchev–Trinajstić information content (AvgIpc) is 2.76. The Kier molecular flexibility index (Phi) is 2.84. The molecule has 2 saturated carbocycles. The summed E-state index contributed by atoms with van der Waals surface area (Å²) >= 11 is 0. The molecule has 2 saturated heterocycles. The van der Waals surface area contributed by atoms with E-state index in [1.807, 2.05) is 25.7 Å². The van der Waals surface area contributed by atoms with Crippen LogP contribution >= 0.6 is 0 Å². The van der Waals surface area contributed by atoms with Gasteiger partial charge in [-0.2, -0.15) is 0 Å². The van der Waals surface area contributed by atoms with Gasteiger partial charge in [-0.15, -0.1) is 0 Å². The second kappa shape index (κ2) is 4.09. The SMILES string of the molecule is CC(C)(C)OC(=O)N1C[C@@H]2C[C@H]1C2C1(CON)CC1. The number of ether oxygens (including phenoxy) is 1. The van der Waals surface area contributed by atoms with E-state index < -0.39 is 5.60 Å². The molecule has 19 heavy (non-hydrogen) atoms. The van der Waals surface area contributed by atoms with Crippen molar-refractivity contribution < 1.29 is 14.4 Å². The third-order valence-electron chi connectivity index (χ3n) is 4.90. The molecule has 4 aliphatic rings. The zero-order chi connectivity index (χ0) is 13.8. The maximum Gasteiger partial charge on any atom is 0.410 e. The van der Waals surface area contributed by atoms with E-state index in [1.165, 1.54) is 12.8 Å². The third kappa shape index (κ3) is 2.13. The van der Waals surface area contributed by atoms with Gasteiger partial charge in [-0.1, -0.05) is 0 Å². The van der Waals surface area contributed by atoms with Crippen molar-refractivity contribution >= 4 is 6.09 Å². The standard InChI is InChI=1S/C14H24N2O3/c1-13(2,3)19-12(17)16-7-9-6-10(16)11(9)14(4-5-14)8-18-15/h9-11H,4-8,15H2,1-3H3/t9-,10-,11?/m0/s1. The molecule has 5 heteroatoms. The van der Waals surface area contributed by atoms with Gasteiger partial charge < -0.3 is 14.5 Å². The van der Waals surface area contributed by atoms with Gasteiger partial charge in [0.15, 0.2) is 0 Å². The van der Waals surface area contributed by atoms with E-state index in [4.69, 9.17) is 15.5 Å². The minimum atomic E-state index is -0.419. The summed E-state index contributed by atoms with van der Waals surface area (Å²) in [6.45, 7) is 7.21. The first-order chi connectivity index (χ1) is 8.86. The Hall–Kier alpha value is -0.810. The van der Waals surface area contributed by atoms with E-state index in [-0.39, 0.29) is 11.5 Å². The van der Waals surface area contributed by atoms with Crippen molar-refractivity contribution in [1.82, 2.24) is 4.90 Å². The number of fused-ring (bicyclic) bond motifs is 1. The number of hydrogen-bond donors (Lipinski definition) is 1. The first-order valence-electron chi connectivity index (χ1n) is 7.18. The molecule has 0 aromatic carbocycles. The second-order valence-corrected chi connectivity index (χ2v) is 7.39. The quantitative estimate of drug-likeness (QED) is 0.794. The molecule has 4 fully saturated rings. The molecule has 0 aromatic rings. The number of carbonyl (C=O) groups excluding carboxylic acids is 1. The monoisotopic (exact) mass is 268 g/mol. The minimum Gasteiger partial charge on any atom is -0.444 e. The normalized spacial score (nSPS) is 34.9. The lowest BCUT2D eigenvalue weighted by Crippen LogP contribution is -2.48. The summed E-state index contributed by atoms with van der Waals surface area (Å²) in [5.74, 6) is 6.45. The number of nitrogens with two attached hydrogens (primary N) is 1. The summed E-state index contributed by atoms with van der Waals surface area (Å²) in [5.41, 5.74) is -0.170. The number of amides is 1. The Labute approximate surface area is 114 Å². The first kappa shape index (κ1) is 13.2. The largest absolute Gasteiger partial charge is 0.444 e. The van der Waals surface area contributed by atoms with Crippen LogP contribution in [0.2, 0.25) is 0 Å². The van der Waals surface area contributed by atoms with Crippen LogP contribution in [0.25, 0.3) is 0 Å². The number of hydrogen-bond acceptors (Lipinski definition) is 4. The van der Waals surface area contributed by atoms with Crippen molar-refractivity contribution in [3.63, 3.8) is 0 Å². The molecule has 1 unspecified atom stereocenters. The summed E-state index contributed by atoms with van der Waals surface area (Å²) in [5, 5.41) is 0. The molecule has 4 rings (SSSR count). The predicted molar refractivity (Wildman–Crippen MR) is 70.1 cm³/mol. The highest BCUT2D eigenvalue weighted by atomic mass is 16.6. The molecule has 0 spiro atoms. The van der Waals surface area contributed by atoms with Gasteiger partial charge in [0.05, 0.1) is 6.61 Å². The molecule has 2 N–H and O–H groups in total. The molecular weight excluding hydrogens is 244 g/mol. The van der Waals surface area contributed by atoms with Crippen LogP contribution in [0.15, 0.2) is 0 Å². The van der Waals surface area contributed by atoms with Crippen LogP contribution in [0.3, 0.4) is 0 Å². The van der Waals surface area contributed by atoms with Crippen LogP contribution in [0.4, 0.5) is 4.79 Å². The number of rotatable bonds is 3. The summed E-state index contributed by atoms with van der Waals surface area (Å²) < 4.78 is 5.49. The van der Waals surface area contributed by atoms with E-state index in [1.54, 1.807) is 0 Å². The van der Waals surface area contributed by atoms with Crippen molar-refractivity contribution in [3.8, 4) is 0 Å². The van der Waals surface area contributed by atoms with E-state index in [2.05, 4.69) is 0 Å². The molecule has 1 amide bonds. The number of nitrogens with zero attached hydrogens (tertiary/aromatic N) is 1. The Balaban J connectivity index is 1.65. The third-order valence-corrected chi connectivity index (χ3v) is 4.90. The highest BCUT2D eigenvalue weighted by molar-refractivity contribution is 5.70. The maximum absolute atomic E-state index is 12.2. The number of carbonyl (C=O) groups is 1. The fraction of sp³-hybridized carbons (Fsp3) is 0.929. The van der Waals surface area contributed by atoms with Gasteiger partial charge in [-0.25, -0.2) is 10.7 Å². The lowest BCUT2D eigenvalue weighted by molar-refractivity contribution is -0.00684. The summed E-state index contributed by atoms with van der Waals surface area (Å²) in [6, 6.07) is 0.345. The van der Waals surface area contributed by atoms with Gasteiger partial charge in [0.25, 0.3) is 0 Å². The second-order valence-electron chi connectivity index (χ2n) is 7.39. The van der Waals surface area contributed by atoms with E-state index in [0.717, 1.165) is 13.0 Å². The van der Waals surface area contributed by atoms with E-state index in [9.17, 15) is 4.79 Å². The average molecular weight is 268 g/mol. The maximum atomic E-state index is 12.2. The lowest BCUT2D eigenvalue weighted by Gasteiger charge is -2.42. The van der Waals surface area contributed by atoms with Crippen LogP contribution in [-0.2, 0) is 9.57 Å². The zero-order valence-corrected chi connectivity index (χ0v) is 12.0. The van der Waals surface area contributed by atoms with Crippen molar-refractivity contribution in [1.29, 1.82) is 0 Å². The smallest absolute Gasteiger partial charge is 0.410 e. The van der Waals surface area contributed by atoms with Gasteiger partial charge in [0.2, 0.25) is 0 Å². The van der Waals surface area contributed by atoms with Crippen LogP contribution in [0.1, 0.15) is 40.0 Å². The summed E-state index contributed by atoms with van der Waals surface area (Å²) in [7, 11) is 0. The summed E-state index contributed by atoms with van der Waals surface area (Å²) in [6.07, 6.45) is 3.33. The fourth-order valence-electron chi connectivity index (χ4n) is 3.96. The molecule has 0 radical (unpaired) electrons. The van der Waals surface area contributed by atoms with Gasteiger partial charge in [-0.05, 0) is 51.9 Å². The zero-order valence-electron chi connectivity index (χ0n) is 12.0. The Morgan fingerprint density at radius 3 is 2.63 bits per heavy atom. The van der Waals surface area contributed by atoms with Crippen LogP contribution in [-0.4, -0.2) is 35.8 Å². The minimum absolute atomic E-state index is 0.160. The molecule has 5 nitrogen and oxygen atoms in total. The Morgan fingerprint density at radius 2 is 2.11 bits per heavy atom.